The van der Waals surface area contributed by atoms with Gasteiger partial charge in [-0.1, -0.05) is 31.0 Å². The fourth-order valence-electron chi connectivity index (χ4n) is 5.46. The zero-order chi connectivity index (χ0) is 20.4. The summed E-state index contributed by atoms with van der Waals surface area (Å²) in [5.74, 6) is 1.53. The van der Waals surface area contributed by atoms with Crippen LogP contribution in [0.2, 0.25) is 0 Å². The van der Waals surface area contributed by atoms with Gasteiger partial charge in [0.25, 0.3) is 0 Å². The summed E-state index contributed by atoms with van der Waals surface area (Å²) in [4.78, 5) is 1.28. The number of benzene rings is 2. The van der Waals surface area contributed by atoms with E-state index >= 15 is 0 Å². The van der Waals surface area contributed by atoms with Crippen LogP contribution in [0.3, 0.4) is 0 Å². The van der Waals surface area contributed by atoms with Gasteiger partial charge in [-0.2, -0.15) is 0 Å². The lowest BCUT2D eigenvalue weighted by molar-refractivity contribution is -0.958. The normalized spacial score (nSPS) is 29.2. The van der Waals surface area contributed by atoms with Crippen LogP contribution in [-0.4, -0.2) is 31.5 Å². The quantitative estimate of drug-likeness (QED) is 0.809. The van der Waals surface area contributed by atoms with Crippen LogP contribution in [-0.2, 0) is 6.54 Å². The largest absolute Gasteiger partial charge is 0.497 e. The van der Waals surface area contributed by atoms with Crippen LogP contribution in [0.5, 0.6) is 11.5 Å². The minimum Gasteiger partial charge on any atom is -0.497 e. The molecule has 0 spiro atoms. The number of halogens is 1. The number of ether oxygens (including phenoxy) is 2. The maximum atomic E-state index is 14.4. The van der Waals surface area contributed by atoms with Gasteiger partial charge in [-0.15, -0.1) is 0 Å². The molecule has 2 fully saturated rings. The van der Waals surface area contributed by atoms with Gasteiger partial charge in [0.2, 0.25) is 0 Å². The smallest absolute Gasteiger partial charge is 0.132 e. The zero-order valence-electron chi connectivity index (χ0n) is 17.3. The summed E-state index contributed by atoms with van der Waals surface area (Å²) in [6.45, 7) is 1.39. The average molecular weight is 401 g/mol. The van der Waals surface area contributed by atoms with E-state index in [0.29, 0.717) is 6.54 Å². The summed E-state index contributed by atoms with van der Waals surface area (Å²) >= 11 is 0. The maximum Gasteiger partial charge on any atom is 0.132 e. The van der Waals surface area contributed by atoms with Crippen molar-refractivity contribution in [2.24, 2.45) is 5.92 Å². The molecule has 4 rings (SSSR count). The lowest BCUT2D eigenvalue weighted by Crippen LogP contribution is -3.13. The highest BCUT2D eigenvalue weighted by atomic mass is 19.1. The van der Waals surface area contributed by atoms with E-state index in [1.807, 2.05) is 30.3 Å². The predicted molar refractivity (Wildman–Crippen MR) is 110 cm³/mol. The Bertz CT molecular complexity index is 858. The predicted octanol–water partition coefficient (Wildman–Crippen LogP) is 3.29. The molecule has 4 atom stereocenters. The van der Waals surface area contributed by atoms with Gasteiger partial charge in [0.05, 0.1) is 31.9 Å². The van der Waals surface area contributed by atoms with E-state index in [-0.39, 0.29) is 17.8 Å². The molecule has 0 aromatic heterocycles. The standard InChI is InChI=1S/C24H30FNO3/c1-28-18-10-11-22(29-2)19(15-18)23-20-8-5-6-12-24(20,27)13-14-26(23)16-17-7-3-4-9-21(17)25/h3-4,7,9-11,15,20,23,27H,5-6,8,12-14,16H2,1-2H3/p+1/t20-,23-,24-/m0/s1. The van der Waals surface area contributed by atoms with E-state index in [1.165, 1.54) is 11.0 Å². The third kappa shape index (κ3) is 3.86. The molecule has 0 amide bonds. The Morgan fingerprint density at radius 3 is 2.69 bits per heavy atom. The van der Waals surface area contributed by atoms with Crippen LogP contribution in [0, 0.1) is 11.7 Å². The molecule has 1 unspecified atom stereocenters. The summed E-state index contributed by atoms with van der Waals surface area (Å²) in [6, 6.07) is 12.9. The number of rotatable bonds is 5. The highest BCUT2D eigenvalue weighted by Crippen LogP contribution is 2.46. The maximum absolute atomic E-state index is 14.4. The monoisotopic (exact) mass is 400 g/mol. The van der Waals surface area contributed by atoms with Crippen molar-refractivity contribution in [2.75, 3.05) is 20.8 Å². The summed E-state index contributed by atoms with van der Waals surface area (Å²) in [6.07, 6.45) is 4.75. The molecule has 2 aliphatic rings. The molecule has 1 saturated carbocycles. The zero-order valence-corrected chi connectivity index (χ0v) is 17.3. The van der Waals surface area contributed by atoms with Gasteiger partial charge < -0.3 is 19.5 Å². The van der Waals surface area contributed by atoms with E-state index in [9.17, 15) is 9.50 Å². The van der Waals surface area contributed by atoms with Crippen LogP contribution in [0.4, 0.5) is 4.39 Å². The second-order valence-electron chi connectivity index (χ2n) is 8.47. The lowest BCUT2D eigenvalue weighted by Gasteiger charge is -2.50. The van der Waals surface area contributed by atoms with Crippen LogP contribution in [0.1, 0.15) is 49.3 Å². The molecule has 29 heavy (non-hydrogen) atoms. The SMILES string of the molecule is COc1ccc(OC)c([C@H]2[C@@H]3CCCC[C@]3(O)CC[NH+]2Cc2ccccc2F)c1. The molecule has 0 bridgehead atoms. The number of hydrogen-bond donors (Lipinski definition) is 2. The topological polar surface area (TPSA) is 43.1 Å². The summed E-state index contributed by atoms with van der Waals surface area (Å²) in [5, 5.41) is 11.5. The molecule has 0 radical (unpaired) electrons. The first kappa shape index (κ1) is 20.2. The second kappa shape index (κ2) is 8.33. The molecule has 1 heterocycles. The van der Waals surface area contributed by atoms with Crippen LogP contribution < -0.4 is 14.4 Å². The van der Waals surface area contributed by atoms with Crippen molar-refractivity contribution in [3.8, 4) is 11.5 Å². The fraction of sp³-hybridized carbons (Fsp3) is 0.500. The number of nitrogens with one attached hydrogen (secondary N) is 1. The fourth-order valence-corrected chi connectivity index (χ4v) is 5.46. The Balaban J connectivity index is 1.78. The van der Waals surface area contributed by atoms with Crippen molar-refractivity contribution in [1.82, 2.24) is 0 Å². The number of quaternary nitrogens is 1. The van der Waals surface area contributed by atoms with Crippen LogP contribution >= 0.6 is 0 Å². The minimum absolute atomic E-state index is 0.0266. The number of likely N-dealkylation sites (tertiary alicyclic amines) is 1. The number of piperidine rings is 1. The number of hydrogen-bond acceptors (Lipinski definition) is 3. The number of aliphatic hydroxyl groups is 1. The van der Waals surface area contributed by atoms with Crippen molar-refractivity contribution in [2.45, 2.75) is 50.3 Å². The van der Waals surface area contributed by atoms with E-state index in [1.54, 1.807) is 20.3 Å². The van der Waals surface area contributed by atoms with Crippen molar-refractivity contribution in [3.63, 3.8) is 0 Å². The van der Waals surface area contributed by atoms with Gasteiger partial charge >= 0.3 is 0 Å². The van der Waals surface area contributed by atoms with Crippen LogP contribution in [0.15, 0.2) is 42.5 Å². The molecule has 2 N–H and O–H groups in total. The van der Waals surface area contributed by atoms with E-state index in [4.69, 9.17) is 9.47 Å². The molecule has 1 saturated heterocycles. The Hall–Kier alpha value is -2.11. The molecular formula is C24H31FNO3+. The van der Waals surface area contributed by atoms with Gasteiger partial charge in [0, 0.05) is 17.9 Å². The van der Waals surface area contributed by atoms with E-state index in [2.05, 4.69) is 0 Å². The molecule has 1 aliphatic carbocycles. The third-order valence-electron chi connectivity index (χ3n) is 6.93. The number of fused-ring (bicyclic) bond motifs is 1. The molecular weight excluding hydrogens is 369 g/mol. The number of methoxy groups -OCH3 is 2. The Labute approximate surface area is 172 Å². The van der Waals surface area contributed by atoms with Crippen molar-refractivity contribution >= 4 is 0 Å². The molecule has 5 heteroatoms. The minimum atomic E-state index is -0.657. The molecule has 1 aliphatic heterocycles. The van der Waals surface area contributed by atoms with Gasteiger partial charge in [-0.25, -0.2) is 4.39 Å². The highest BCUT2D eigenvalue weighted by Gasteiger charge is 2.52. The van der Waals surface area contributed by atoms with Gasteiger partial charge in [0.1, 0.15) is 29.9 Å². The summed E-state index contributed by atoms with van der Waals surface area (Å²) < 4.78 is 25.6. The van der Waals surface area contributed by atoms with Crippen molar-refractivity contribution in [1.29, 1.82) is 0 Å². The molecule has 2 aromatic rings. The van der Waals surface area contributed by atoms with E-state index in [0.717, 1.165) is 61.3 Å². The second-order valence-corrected chi connectivity index (χ2v) is 8.47. The Kier molecular flexibility index (Phi) is 5.79. The van der Waals surface area contributed by atoms with Crippen molar-refractivity contribution < 1.29 is 23.9 Å². The molecule has 4 nitrogen and oxygen atoms in total. The lowest BCUT2D eigenvalue weighted by atomic mass is 9.66. The highest BCUT2D eigenvalue weighted by molar-refractivity contribution is 5.42. The van der Waals surface area contributed by atoms with Gasteiger partial charge in [0.15, 0.2) is 0 Å². The third-order valence-corrected chi connectivity index (χ3v) is 6.93. The first-order valence-electron chi connectivity index (χ1n) is 10.6. The van der Waals surface area contributed by atoms with Crippen LogP contribution in [0.25, 0.3) is 0 Å². The average Bonchev–Trinajstić information content (AvgIpc) is 2.74. The summed E-state index contributed by atoms with van der Waals surface area (Å²) in [7, 11) is 3.34. The first-order valence-corrected chi connectivity index (χ1v) is 10.6. The molecule has 156 valence electrons. The molecule has 2 aromatic carbocycles. The Morgan fingerprint density at radius 2 is 1.93 bits per heavy atom. The Morgan fingerprint density at radius 1 is 1.10 bits per heavy atom. The van der Waals surface area contributed by atoms with Gasteiger partial charge in [-0.3, -0.25) is 0 Å². The summed E-state index contributed by atoms with van der Waals surface area (Å²) in [5.41, 5.74) is 1.11. The first-order chi connectivity index (χ1) is 14.1. The van der Waals surface area contributed by atoms with Crippen molar-refractivity contribution in [3.05, 3.63) is 59.4 Å². The van der Waals surface area contributed by atoms with E-state index < -0.39 is 5.60 Å². The van der Waals surface area contributed by atoms with Gasteiger partial charge in [-0.05, 0) is 37.1 Å².